The number of anilines is 2. The van der Waals surface area contributed by atoms with Crippen LogP contribution in [-0.2, 0) is 0 Å². The van der Waals surface area contributed by atoms with Crippen molar-refractivity contribution in [2.75, 3.05) is 29.9 Å². The van der Waals surface area contributed by atoms with Gasteiger partial charge in [-0.05, 0) is 36.6 Å². The lowest BCUT2D eigenvalue weighted by molar-refractivity contribution is 0.620. The Morgan fingerprint density at radius 3 is 2.79 bits per heavy atom. The smallest absolute Gasteiger partial charge is 0.260 e. The second kappa shape index (κ2) is 6.35. The van der Waals surface area contributed by atoms with E-state index in [0.717, 1.165) is 31.6 Å². The molecule has 2 heterocycles. The fourth-order valence-corrected chi connectivity index (χ4v) is 3.28. The van der Waals surface area contributed by atoms with Crippen LogP contribution in [0.15, 0.2) is 59.4 Å². The van der Waals surface area contributed by atoms with Gasteiger partial charge in [-0.1, -0.05) is 30.3 Å². The SMILES string of the molecule is O=c1[nH]c(NC[C@H]2CCN(c3ccccc3)C2)nc2ccccc12. The monoisotopic (exact) mass is 320 g/mol. The molecule has 0 aliphatic carbocycles. The lowest BCUT2D eigenvalue weighted by atomic mass is 10.1. The largest absolute Gasteiger partial charge is 0.371 e. The van der Waals surface area contributed by atoms with E-state index in [1.165, 1.54) is 5.69 Å². The lowest BCUT2D eigenvalue weighted by Crippen LogP contribution is -2.23. The molecule has 0 amide bonds. The van der Waals surface area contributed by atoms with Crippen molar-refractivity contribution in [1.82, 2.24) is 9.97 Å². The molecular weight excluding hydrogens is 300 g/mol. The van der Waals surface area contributed by atoms with Crippen LogP contribution in [0.25, 0.3) is 10.9 Å². The third kappa shape index (κ3) is 2.97. The predicted octanol–water partition coefficient (Wildman–Crippen LogP) is 2.86. The third-order valence-corrected chi connectivity index (χ3v) is 4.58. The Balaban J connectivity index is 1.42. The van der Waals surface area contributed by atoms with Gasteiger partial charge in [-0.25, -0.2) is 4.98 Å². The number of benzene rings is 2. The molecule has 2 N–H and O–H groups in total. The van der Waals surface area contributed by atoms with E-state index in [1.54, 1.807) is 6.07 Å². The molecule has 1 saturated heterocycles. The molecular formula is C19H20N4O. The molecule has 5 heteroatoms. The number of rotatable bonds is 4. The first-order valence-corrected chi connectivity index (χ1v) is 8.32. The van der Waals surface area contributed by atoms with E-state index in [-0.39, 0.29) is 5.56 Å². The zero-order chi connectivity index (χ0) is 16.4. The summed E-state index contributed by atoms with van der Waals surface area (Å²) in [4.78, 5) is 21.8. The van der Waals surface area contributed by atoms with E-state index in [1.807, 2.05) is 24.3 Å². The van der Waals surface area contributed by atoms with Gasteiger partial charge in [0.1, 0.15) is 0 Å². The number of aromatic amines is 1. The van der Waals surface area contributed by atoms with Crippen molar-refractivity contribution in [2.24, 2.45) is 5.92 Å². The van der Waals surface area contributed by atoms with Crippen LogP contribution in [0.3, 0.4) is 0 Å². The highest BCUT2D eigenvalue weighted by Crippen LogP contribution is 2.23. The van der Waals surface area contributed by atoms with Gasteiger partial charge in [0.2, 0.25) is 5.95 Å². The van der Waals surface area contributed by atoms with E-state index in [9.17, 15) is 4.79 Å². The van der Waals surface area contributed by atoms with Crippen LogP contribution in [0, 0.1) is 5.92 Å². The van der Waals surface area contributed by atoms with Crippen molar-refractivity contribution in [3.8, 4) is 0 Å². The minimum Gasteiger partial charge on any atom is -0.371 e. The standard InChI is InChI=1S/C19H20N4O/c24-18-16-8-4-5-9-17(16)21-19(22-18)20-12-14-10-11-23(13-14)15-6-2-1-3-7-15/h1-9,14H,10-13H2,(H2,20,21,22,24)/t14-/m1/s1. The Labute approximate surface area is 140 Å². The summed E-state index contributed by atoms with van der Waals surface area (Å²) in [6, 6.07) is 17.9. The maximum absolute atomic E-state index is 12.1. The minimum atomic E-state index is -0.0968. The number of aromatic nitrogens is 2. The average molecular weight is 320 g/mol. The van der Waals surface area contributed by atoms with Gasteiger partial charge < -0.3 is 10.2 Å². The van der Waals surface area contributed by atoms with Gasteiger partial charge in [0.25, 0.3) is 5.56 Å². The summed E-state index contributed by atoms with van der Waals surface area (Å²) in [5, 5.41) is 3.92. The predicted molar refractivity (Wildman–Crippen MR) is 97.6 cm³/mol. The topological polar surface area (TPSA) is 61.0 Å². The Bertz CT molecular complexity index is 891. The zero-order valence-corrected chi connectivity index (χ0v) is 13.4. The van der Waals surface area contributed by atoms with Gasteiger partial charge >= 0.3 is 0 Å². The van der Waals surface area contributed by atoms with Gasteiger partial charge in [0, 0.05) is 25.3 Å². The molecule has 4 rings (SSSR count). The number of nitrogens with one attached hydrogen (secondary N) is 2. The molecule has 0 unspecified atom stereocenters. The summed E-state index contributed by atoms with van der Waals surface area (Å²) >= 11 is 0. The van der Waals surface area contributed by atoms with E-state index in [4.69, 9.17) is 0 Å². The molecule has 24 heavy (non-hydrogen) atoms. The number of fused-ring (bicyclic) bond motifs is 1. The molecule has 1 aromatic heterocycles. The normalized spacial score (nSPS) is 17.3. The van der Waals surface area contributed by atoms with Gasteiger partial charge in [-0.3, -0.25) is 9.78 Å². The first-order valence-electron chi connectivity index (χ1n) is 8.32. The highest BCUT2D eigenvalue weighted by molar-refractivity contribution is 5.78. The van der Waals surface area contributed by atoms with Crippen LogP contribution in [0.2, 0.25) is 0 Å². The van der Waals surface area contributed by atoms with Crippen molar-refractivity contribution in [3.05, 3.63) is 65.0 Å². The molecule has 5 nitrogen and oxygen atoms in total. The molecule has 0 bridgehead atoms. The highest BCUT2D eigenvalue weighted by atomic mass is 16.1. The van der Waals surface area contributed by atoms with Gasteiger partial charge in [-0.2, -0.15) is 0 Å². The van der Waals surface area contributed by atoms with Crippen LogP contribution in [0.1, 0.15) is 6.42 Å². The van der Waals surface area contributed by atoms with Crippen molar-refractivity contribution < 1.29 is 0 Å². The Hall–Kier alpha value is -2.82. The van der Waals surface area contributed by atoms with Crippen molar-refractivity contribution in [1.29, 1.82) is 0 Å². The maximum Gasteiger partial charge on any atom is 0.260 e. The van der Waals surface area contributed by atoms with Gasteiger partial charge in [0.15, 0.2) is 0 Å². The fraction of sp³-hybridized carbons (Fsp3) is 0.263. The van der Waals surface area contributed by atoms with Crippen LogP contribution in [0.5, 0.6) is 0 Å². The molecule has 1 fully saturated rings. The summed E-state index contributed by atoms with van der Waals surface area (Å²) in [6.07, 6.45) is 1.14. The Morgan fingerprint density at radius 1 is 1.12 bits per heavy atom. The summed E-state index contributed by atoms with van der Waals surface area (Å²) in [6.45, 7) is 2.90. The van der Waals surface area contributed by atoms with E-state index in [0.29, 0.717) is 17.3 Å². The first-order chi connectivity index (χ1) is 11.8. The van der Waals surface area contributed by atoms with Crippen LogP contribution < -0.4 is 15.8 Å². The molecule has 0 radical (unpaired) electrons. The molecule has 122 valence electrons. The minimum absolute atomic E-state index is 0.0968. The first kappa shape index (κ1) is 14.8. The summed E-state index contributed by atoms with van der Waals surface area (Å²) < 4.78 is 0. The zero-order valence-electron chi connectivity index (χ0n) is 13.4. The number of nitrogens with zero attached hydrogens (tertiary/aromatic N) is 2. The van der Waals surface area contributed by atoms with Crippen LogP contribution >= 0.6 is 0 Å². The average Bonchev–Trinajstić information content (AvgIpc) is 3.10. The number of H-pyrrole nitrogens is 1. The Kier molecular flexibility index (Phi) is 3.91. The molecule has 3 aromatic rings. The van der Waals surface area contributed by atoms with Crippen molar-refractivity contribution in [2.45, 2.75) is 6.42 Å². The summed E-state index contributed by atoms with van der Waals surface area (Å²) in [5.74, 6) is 1.10. The second-order valence-electron chi connectivity index (χ2n) is 6.25. The molecule has 0 spiro atoms. The molecule has 0 saturated carbocycles. The van der Waals surface area contributed by atoms with E-state index < -0.39 is 0 Å². The third-order valence-electron chi connectivity index (χ3n) is 4.58. The van der Waals surface area contributed by atoms with E-state index >= 15 is 0 Å². The quantitative estimate of drug-likeness (QED) is 0.776. The molecule has 1 aliphatic rings. The van der Waals surface area contributed by atoms with Crippen molar-refractivity contribution in [3.63, 3.8) is 0 Å². The number of para-hydroxylation sites is 2. The highest BCUT2D eigenvalue weighted by Gasteiger charge is 2.22. The molecule has 2 aromatic carbocycles. The maximum atomic E-state index is 12.1. The number of hydrogen-bond donors (Lipinski definition) is 2. The van der Waals surface area contributed by atoms with Gasteiger partial charge in [0.05, 0.1) is 10.9 Å². The van der Waals surface area contributed by atoms with Crippen LogP contribution in [-0.4, -0.2) is 29.6 Å². The molecule has 1 aliphatic heterocycles. The fourth-order valence-electron chi connectivity index (χ4n) is 3.28. The van der Waals surface area contributed by atoms with Gasteiger partial charge in [-0.15, -0.1) is 0 Å². The summed E-state index contributed by atoms with van der Waals surface area (Å²) in [5.41, 5.74) is 1.90. The van der Waals surface area contributed by atoms with E-state index in [2.05, 4.69) is 44.5 Å². The second-order valence-corrected chi connectivity index (χ2v) is 6.25. The van der Waals surface area contributed by atoms with Crippen molar-refractivity contribution >= 4 is 22.5 Å². The Morgan fingerprint density at radius 2 is 1.92 bits per heavy atom. The summed E-state index contributed by atoms with van der Waals surface area (Å²) in [7, 11) is 0. The van der Waals surface area contributed by atoms with Crippen LogP contribution in [0.4, 0.5) is 11.6 Å². The molecule has 1 atom stereocenters. The number of hydrogen-bond acceptors (Lipinski definition) is 4. The lowest BCUT2D eigenvalue weighted by Gasteiger charge is -2.18.